The van der Waals surface area contributed by atoms with Crippen LogP contribution in [0, 0.1) is 0 Å². The summed E-state index contributed by atoms with van der Waals surface area (Å²) in [5.74, 6) is -0.476. The molecule has 0 radical (unpaired) electrons. The number of nitrogens with zero attached hydrogens (tertiary/aromatic N) is 1. The zero-order chi connectivity index (χ0) is 18.4. The lowest BCUT2D eigenvalue weighted by Gasteiger charge is -2.20. The van der Waals surface area contributed by atoms with E-state index in [1.807, 2.05) is 0 Å². The van der Waals surface area contributed by atoms with Crippen LogP contribution in [-0.2, 0) is 23.1 Å². The van der Waals surface area contributed by atoms with Crippen molar-refractivity contribution >= 4 is 34.9 Å². The molecule has 1 aliphatic rings. The molecule has 3 amide bonds. The zero-order valence-corrected chi connectivity index (χ0v) is 14.4. The highest BCUT2D eigenvalue weighted by Crippen LogP contribution is 2.36. The molecule has 1 saturated heterocycles. The summed E-state index contributed by atoms with van der Waals surface area (Å²) in [5.41, 5.74) is -1.60. The zero-order valence-electron chi connectivity index (χ0n) is 12.9. The molecule has 1 atom stereocenters. The number of halogens is 4. The Morgan fingerprint density at radius 2 is 1.80 bits per heavy atom. The molecule has 1 aromatic heterocycles. The number of hydrogen-bond donors (Lipinski definition) is 1. The molecule has 1 aromatic carbocycles. The first-order valence-electron chi connectivity index (χ1n) is 7.17. The van der Waals surface area contributed by atoms with Gasteiger partial charge in [0.05, 0.1) is 16.4 Å². The van der Waals surface area contributed by atoms with Crippen LogP contribution in [0.3, 0.4) is 0 Å². The maximum Gasteiger partial charge on any atom is 0.416 e. The molecule has 4 nitrogen and oxygen atoms in total. The number of rotatable bonds is 3. The molecule has 0 saturated carbocycles. The van der Waals surface area contributed by atoms with E-state index in [-0.39, 0.29) is 6.54 Å². The first-order chi connectivity index (χ1) is 11.6. The van der Waals surface area contributed by atoms with Gasteiger partial charge in [0, 0.05) is 4.88 Å². The predicted octanol–water partition coefficient (Wildman–Crippen LogP) is 4.39. The van der Waals surface area contributed by atoms with Gasteiger partial charge in [0.25, 0.3) is 5.91 Å². The van der Waals surface area contributed by atoms with E-state index in [2.05, 4.69) is 5.32 Å². The number of hydrogen-bond acceptors (Lipinski definition) is 3. The van der Waals surface area contributed by atoms with E-state index in [9.17, 15) is 22.8 Å². The van der Waals surface area contributed by atoms with Gasteiger partial charge in [-0.3, -0.25) is 9.69 Å². The molecule has 132 valence electrons. The fourth-order valence-electron chi connectivity index (χ4n) is 2.57. The highest BCUT2D eigenvalue weighted by atomic mass is 35.5. The normalized spacial score (nSPS) is 20.9. The van der Waals surface area contributed by atoms with Gasteiger partial charge >= 0.3 is 12.2 Å². The van der Waals surface area contributed by atoms with Crippen molar-refractivity contribution in [1.29, 1.82) is 0 Å². The SMILES string of the molecule is CC1(c2ccc(Cl)s2)NC(=O)N(Cc2ccc(C(F)(F)F)cc2)C1=O. The third kappa shape index (κ3) is 3.23. The number of thiophene rings is 1. The molecule has 9 heteroatoms. The summed E-state index contributed by atoms with van der Waals surface area (Å²) >= 11 is 7.07. The van der Waals surface area contributed by atoms with Gasteiger partial charge in [-0.25, -0.2) is 4.79 Å². The fraction of sp³-hybridized carbons (Fsp3) is 0.250. The maximum absolute atomic E-state index is 12.7. The van der Waals surface area contributed by atoms with E-state index in [1.165, 1.54) is 23.5 Å². The van der Waals surface area contributed by atoms with Crippen molar-refractivity contribution in [2.75, 3.05) is 0 Å². The second-order valence-electron chi connectivity index (χ2n) is 5.74. The molecule has 1 aliphatic heterocycles. The molecule has 1 fully saturated rings. The standard InChI is InChI=1S/C16H12ClF3N2O2S/c1-15(11-6-7-12(17)25-11)13(23)22(14(24)21-15)8-9-2-4-10(5-3-9)16(18,19)20/h2-7H,8H2,1H3,(H,21,24). The van der Waals surface area contributed by atoms with E-state index in [0.717, 1.165) is 17.0 Å². The van der Waals surface area contributed by atoms with Crippen LogP contribution in [0.4, 0.5) is 18.0 Å². The second-order valence-corrected chi connectivity index (χ2v) is 7.46. The van der Waals surface area contributed by atoms with Crippen molar-refractivity contribution in [2.24, 2.45) is 0 Å². The molecule has 2 aromatic rings. The van der Waals surface area contributed by atoms with Crippen molar-refractivity contribution in [3.05, 3.63) is 56.7 Å². The van der Waals surface area contributed by atoms with Gasteiger partial charge in [-0.15, -0.1) is 11.3 Å². The van der Waals surface area contributed by atoms with E-state index >= 15 is 0 Å². The molecule has 0 bridgehead atoms. The Hall–Kier alpha value is -2.06. The summed E-state index contributed by atoms with van der Waals surface area (Å²) in [4.78, 5) is 26.5. The number of carbonyl (C=O) groups is 2. The first-order valence-corrected chi connectivity index (χ1v) is 8.37. The van der Waals surface area contributed by atoms with Crippen molar-refractivity contribution < 1.29 is 22.8 Å². The van der Waals surface area contributed by atoms with Gasteiger partial charge in [-0.2, -0.15) is 13.2 Å². The molecule has 0 aliphatic carbocycles. The molecule has 0 spiro atoms. The van der Waals surface area contributed by atoms with Gasteiger partial charge in [-0.1, -0.05) is 23.7 Å². The Labute approximate surface area is 150 Å². The van der Waals surface area contributed by atoms with Crippen LogP contribution < -0.4 is 5.32 Å². The van der Waals surface area contributed by atoms with Crippen LogP contribution in [-0.4, -0.2) is 16.8 Å². The molecule has 25 heavy (non-hydrogen) atoms. The molecule has 1 N–H and O–H groups in total. The Morgan fingerprint density at radius 1 is 1.16 bits per heavy atom. The van der Waals surface area contributed by atoms with E-state index in [0.29, 0.717) is 14.8 Å². The lowest BCUT2D eigenvalue weighted by atomic mass is 10.0. The quantitative estimate of drug-likeness (QED) is 0.793. The van der Waals surface area contributed by atoms with Crippen molar-refractivity contribution in [3.8, 4) is 0 Å². The maximum atomic E-state index is 12.7. The number of carbonyl (C=O) groups excluding carboxylic acids is 2. The van der Waals surface area contributed by atoms with Crippen LogP contribution in [0.1, 0.15) is 22.9 Å². The third-order valence-corrected chi connectivity index (χ3v) is 5.42. The largest absolute Gasteiger partial charge is 0.416 e. The minimum atomic E-state index is -4.43. The molecule has 1 unspecified atom stereocenters. The van der Waals surface area contributed by atoms with Crippen molar-refractivity contribution in [3.63, 3.8) is 0 Å². The van der Waals surface area contributed by atoms with Crippen LogP contribution in [0.5, 0.6) is 0 Å². The summed E-state index contributed by atoms with van der Waals surface area (Å²) in [6.45, 7) is 1.46. The summed E-state index contributed by atoms with van der Waals surface area (Å²) in [6, 6.07) is 7.04. The number of benzene rings is 1. The topological polar surface area (TPSA) is 49.4 Å². The molecular formula is C16H12ClF3N2O2S. The summed E-state index contributed by atoms with van der Waals surface area (Å²) in [7, 11) is 0. The Bertz CT molecular complexity index is 835. The third-order valence-electron chi connectivity index (χ3n) is 3.96. The Balaban J connectivity index is 1.82. The van der Waals surface area contributed by atoms with Gasteiger partial charge in [0.15, 0.2) is 5.54 Å². The highest BCUT2D eigenvalue weighted by molar-refractivity contribution is 7.16. The van der Waals surface area contributed by atoms with Crippen LogP contribution in [0.15, 0.2) is 36.4 Å². The van der Waals surface area contributed by atoms with Crippen molar-refractivity contribution in [2.45, 2.75) is 25.2 Å². The van der Waals surface area contributed by atoms with E-state index < -0.39 is 29.2 Å². The Kier molecular flexibility index (Phi) is 4.28. The van der Waals surface area contributed by atoms with Crippen molar-refractivity contribution in [1.82, 2.24) is 10.2 Å². The van der Waals surface area contributed by atoms with Gasteiger partial charge < -0.3 is 5.32 Å². The minimum Gasteiger partial charge on any atom is -0.319 e. The lowest BCUT2D eigenvalue weighted by molar-refractivity contribution is -0.137. The molecular weight excluding hydrogens is 377 g/mol. The van der Waals surface area contributed by atoms with Crippen LogP contribution >= 0.6 is 22.9 Å². The highest BCUT2D eigenvalue weighted by Gasteiger charge is 2.49. The lowest BCUT2D eigenvalue weighted by Crippen LogP contribution is -2.40. The van der Waals surface area contributed by atoms with Gasteiger partial charge in [0.1, 0.15) is 0 Å². The monoisotopic (exact) mass is 388 g/mol. The number of alkyl halides is 3. The second kappa shape index (κ2) is 6.03. The van der Waals surface area contributed by atoms with Crippen LogP contribution in [0.25, 0.3) is 0 Å². The molecule has 2 heterocycles. The van der Waals surface area contributed by atoms with Gasteiger partial charge in [-0.05, 0) is 36.8 Å². The summed E-state index contributed by atoms with van der Waals surface area (Å²) in [6.07, 6.45) is -4.43. The Morgan fingerprint density at radius 3 is 2.32 bits per heavy atom. The predicted molar refractivity (Wildman–Crippen MR) is 87.2 cm³/mol. The summed E-state index contributed by atoms with van der Waals surface area (Å²) in [5, 5.41) is 2.62. The van der Waals surface area contributed by atoms with Gasteiger partial charge in [0.2, 0.25) is 0 Å². The summed E-state index contributed by atoms with van der Waals surface area (Å²) < 4.78 is 38.3. The average Bonchev–Trinajstić information content (AvgIpc) is 3.06. The number of nitrogens with one attached hydrogen (secondary N) is 1. The first kappa shape index (κ1) is 17.8. The molecule has 3 rings (SSSR count). The minimum absolute atomic E-state index is 0.114. The van der Waals surface area contributed by atoms with Crippen LogP contribution in [0.2, 0.25) is 4.34 Å². The number of amides is 3. The van der Waals surface area contributed by atoms with E-state index in [4.69, 9.17) is 11.6 Å². The smallest absolute Gasteiger partial charge is 0.319 e. The number of imide groups is 1. The van der Waals surface area contributed by atoms with E-state index in [1.54, 1.807) is 19.1 Å². The fourth-order valence-corrected chi connectivity index (χ4v) is 3.71. The number of urea groups is 1. The average molecular weight is 389 g/mol.